The number of methoxy groups -OCH3 is 1. The molecule has 0 radical (unpaired) electrons. The molecule has 1 aliphatic rings. The molecule has 6 heteroatoms. The van der Waals surface area contributed by atoms with E-state index in [0.717, 1.165) is 11.3 Å². The highest BCUT2D eigenvalue weighted by Crippen LogP contribution is 2.20. The smallest absolute Gasteiger partial charge is 0.271 e. The summed E-state index contributed by atoms with van der Waals surface area (Å²) >= 11 is 0. The highest BCUT2D eigenvalue weighted by Gasteiger charge is 2.13. The van der Waals surface area contributed by atoms with Crippen molar-refractivity contribution in [2.75, 3.05) is 12.4 Å². The number of hydrogen-bond donors (Lipinski definition) is 2. The van der Waals surface area contributed by atoms with Gasteiger partial charge in [-0.15, -0.1) is 0 Å². The summed E-state index contributed by atoms with van der Waals surface area (Å²) in [5.41, 5.74) is 5.82. The van der Waals surface area contributed by atoms with Crippen molar-refractivity contribution in [3.63, 3.8) is 0 Å². The molecular formula is C18H18N4O2. The molecule has 0 saturated heterocycles. The minimum Gasteiger partial charge on any atom is -0.497 e. The first-order valence-electron chi connectivity index (χ1n) is 7.56. The average molecular weight is 322 g/mol. The fourth-order valence-corrected chi connectivity index (χ4v) is 2.31. The Morgan fingerprint density at radius 1 is 1.21 bits per heavy atom. The second-order valence-electron chi connectivity index (χ2n) is 5.31. The topological polar surface area (TPSA) is 75.1 Å². The van der Waals surface area contributed by atoms with Crippen molar-refractivity contribution >= 4 is 23.1 Å². The maximum atomic E-state index is 12.1. The number of carbonyl (C=O) groups is 1. The minimum atomic E-state index is -0.284. The molecule has 0 spiro atoms. The number of rotatable bonds is 4. The maximum absolute atomic E-state index is 12.1. The Morgan fingerprint density at radius 2 is 1.96 bits per heavy atom. The molecule has 0 bridgehead atoms. The Labute approximate surface area is 140 Å². The Morgan fingerprint density at radius 3 is 2.71 bits per heavy atom. The zero-order valence-electron chi connectivity index (χ0n) is 13.5. The van der Waals surface area contributed by atoms with Gasteiger partial charge in [0.2, 0.25) is 0 Å². The number of amides is 1. The predicted molar refractivity (Wildman–Crippen MR) is 94.8 cm³/mol. The Hall–Kier alpha value is -3.15. The summed E-state index contributed by atoms with van der Waals surface area (Å²) in [4.78, 5) is 16.6. The molecule has 3 rings (SSSR count). The lowest BCUT2D eigenvalue weighted by atomic mass is 10.1. The minimum absolute atomic E-state index is 0.284. The Balaban J connectivity index is 1.66. The number of hydrogen-bond acceptors (Lipinski definition) is 5. The van der Waals surface area contributed by atoms with E-state index in [1.165, 1.54) is 0 Å². The monoisotopic (exact) mass is 322 g/mol. The summed E-state index contributed by atoms with van der Waals surface area (Å²) in [5, 5.41) is 7.36. The first-order chi connectivity index (χ1) is 11.7. The van der Waals surface area contributed by atoms with Crippen LogP contribution < -0.4 is 15.5 Å². The van der Waals surface area contributed by atoms with Gasteiger partial charge in [0.25, 0.3) is 5.91 Å². The summed E-state index contributed by atoms with van der Waals surface area (Å²) in [6.07, 6.45) is 0. The SMILES string of the molecule is COc1ccc(C(=O)N/N=C(\C)C2=NCc3ccccc3N2)cc1. The van der Waals surface area contributed by atoms with Crippen molar-refractivity contribution in [3.05, 3.63) is 59.7 Å². The van der Waals surface area contributed by atoms with Crippen LogP contribution in [-0.2, 0) is 6.54 Å². The molecule has 2 aromatic carbocycles. The van der Waals surface area contributed by atoms with E-state index < -0.39 is 0 Å². The van der Waals surface area contributed by atoms with Crippen LogP contribution in [0.5, 0.6) is 5.75 Å². The lowest BCUT2D eigenvalue weighted by Gasteiger charge is -2.17. The number of anilines is 1. The summed E-state index contributed by atoms with van der Waals surface area (Å²) < 4.78 is 5.07. The van der Waals surface area contributed by atoms with E-state index in [9.17, 15) is 4.79 Å². The van der Waals surface area contributed by atoms with Gasteiger partial charge in [0.1, 0.15) is 11.6 Å². The number of para-hydroxylation sites is 1. The molecule has 2 N–H and O–H groups in total. The largest absolute Gasteiger partial charge is 0.497 e. The Bertz CT molecular complexity index is 810. The summed E-state index contributed by atoms with van der Waals surface area (Å²) in [5.74, 6) is 1.07. The molecule has 2 aromatic rings. The van der Waals surface area contributed by atoms with Gasteiger partial charge < -0.3 is 10.1 Å². The first-order valence-corrected chi connectivity index (χ1v) is 7.56. The molecule has 24 heavy (non-hydrogen) atoms. The van der Waals surface area contributed by atoms with Crippen molar-refractivity contribution in [1.29, 1.82) is 0 Å². The molecule has 0 fully saturated rings. The van der Waals surface area contributed by atoms with E-state index in [2.05, 4.69) is 20.8 Å². The van der Waals surface area contributed by atoms with Crippen molar-refractivity contribution in [3.8, 4) is 5.75 Å². The van der Waals surface area contributed by atoms with Crippen LogP contribution in [0.1, 0.15) is 22.8 Å². The molecule has 1 amide bonds. The van der Waals surface area contributed by atoms with E-state index >= 15 is 0 Å². The van der Waals surface area contributed by atoms with Gasteiger partial charge >= 0.3 is 0 Å². The molecule has 0 saturated carbocycles. The number of benzene rings is 2. The maximum Gasteiger partial charge on any atom is 0.271 e. The number of nitrogens with one attached hydrogen (secondary N) is 2. The third-order valence-corrected chi connectivity index (χ3v) is 3.70. The van der Waals surface area contributed by atoms with Gasteiger partial charge in [-0.3, -0.25) is 9.79 Å². The van der Waals surface area contributed by atoms with E-state index in [-0.39, 0.29) is 5.91 Å². The van der Waals surface area contributed by atoms with Crippen LogP contribution in [0.4, 0.5) is 5.69 Å². The van der Waals surface area contributed by atoms with Gasteiger partial charge in [-0.05, 0) is 42.8 Å². The van der Waals surface area contributed by atoms with E-state index in [1.807, 2.05) is 24.3 Å². The highest BCUT2D eigenvalue weighted by atomic mass is 16.5. The molecule has 0 unspecified atom stereocenters. The van der Waals surface area contributed by atoms with Crippen LogP contribution in [0.15, 0.2) is 58.6 Å². The van der Waals surface area contributed by atoms with Crippen LogP contribution in [0, 0.1) is 0 Å². The van der Waals surface area contributed by atoms with Gasteiger partial charge in [0.05, 0.1) is 19.4 Å². The third-order valence-electron chi connectivity index (χ3n) is 3.70. The quantitative estimate of drug-likeness (QED) is 0.671. The normalized spacial score (nSPS) is 13.4. The van der Waals surface area contributed by atoms with Crippen LogP contribution in [0.3, 0.4) is 0 Å². The number of aliphatic imine (C=N–C) groups is 1. The van der Waals surface area contributed by atoms with Gasteiger partial charge in [-0.2, -0.15) is 5.10 Å². The van der Waals surface area contributed by atoms with Gasteiger partial charge in [0, 0.05) is 11.3 Å². The number of carbonyl (C=O) groups excluding carboxylic acids is 1. The van der Waals surface area contributed by atoms with Crippen molar-refractivity contribution in [1.82, 2.24) is 5.43 Å². The average Bonchev–Trinajstić information content (AvgIpc) is 2.65. The standard InChI is InChI=1S/C18H18N4O2/c1-12(17-19-11-14-5-3-4-6-16(14)20-17)21-22-18(23)13-7-9-15(24-2)10-8-13/h3-10H,11H2,1-2H3,(H,19,20)(H,22,23)/b21-12+. The zero-order chi connectivity index (χ0) is 16.9. The third kappa shape index (κ3) is 3.43. The zero-order valence-corrected chi connectivity index (χ0v) is 13.5. The Kier molecular flexibility index (Phi) is 4.56. The second kappa shape index (κ2) is 6.95. The van der Waals surface area contributed by atoms with Gasteiger partial charge in [-0.25, -0.2) is 5.43 Å². The molecular weight excluding hydrogens is 304 g/mol. The molecule has 122 valence electrons. The number of nitrogens with zero attached hydrogens (tertiary/aromatic N) is 2. The summed E-state index contributed by atoms with van der Waals surface area (Å²) in [6.45, 7) is 2.39. The number of amidine groups is 1. The fraction of sp³-hybridized carbons (Fsp3) is 0.167. The van der Waals surface area contributed by atoms with E-state index in [1.54, 1.807) is 38.3 Å². The lowest BCUT2D eigenvalue weighted by molar-refractivity contribution is 0.0955. The summed E-state index contributed by atoms with van der Waals surface area (Å²) in [6, 6.07) is 14.8. The van der Waals surface area contributed by atoms with Crippen LogP contribution >= 0.6 is 0 Å². The van der Waals surface area contributed by atoms with Crippen molar-refractivity contribution < 1.29 is 9.53 Å². The van der Waals surface area contributed by atoms with Crippen LogP contribution in [-0.4, -0.2) is 24.6 Å². The van der Waals surface area contributed by atoms with E-state index in [0.29, 0.717) is 29.4 Å². The molecule has 1 aliphatic heterocycles. The summed E-state index contributed by atoms with van der Waals surface area (Å²) in [7, 11) is 1.58. The molecule has 0 aromatic heterocycles. The van der Waals surface area contributed by atoms with Crippen molar-refractivity contribution in [2.24, 2.45) is 10.1 Å². The van der Waals surface area contributed by atoms with Crippen LogP contribution in [0.25, 0.3) is 0 Å². The fourth-order valence-electron chi connectivity index (χ4n) is 2.31. The number of hydrazone groups is 1. The van der Waals surface area contributed by atoms with Crippen molar-refractivity contribution in [2.45, 2.75) is 13.5 Å². The molecule has 0 atom stereocenters. The number of ether oxygens (including phenoxy) is 1. The van der Waals surface area contributed by atoms with Crippen LogP contribution in [0.2, 0.25) is 0 Å². The van der Waals surface area contributed by atoms with Gasteiger partial charge in [-0.1, -0.05) is 18.2 Å². The van der Waals surface area contributed by atoms with Gasteiger partial charge in [0.15, 0.2) is 0 Å². The predicted octanol–water partition coefficient (Wildman–Crippen LogP) is 2.83. The molecule has 6 nitrogen and oxygen atoms in total. The first kappa shape index (κ1) is 15.7. The second-order valence-corrected chi connectivity index (χ2v) is 5.31. The lowest BCUT2D eigenvalue weighted by Crippen LogP contribution is -2.28. The highest BCUT2D eigenvalue weighted by molar-refractivity contribution is 6.45. The molecule has 1 heterocycles. The number of fused-ring (bicyclic) bond motifs is 1. The van der Waals surface area contributed by atoms with E-state index in [4.69, 9.17) is 4.74 Å². The molecule has 0 aliphatic carbocycles.